The summed E-state index contributed by atoms with van der Waals surface area (Å²) in [6.07, 6.45) is 0. The monoisotopic (exact) mass is 293 g/mol. The van der Waals surface area contributed by atoms with Gasteiger partial charge < -0.3 is 20.4 Å². The summed E-state index contributed by atoms with van der Waals surface area (Å²) in [6.45, 7) is -1.85. The lowest BCUT2D eigenvalue weighted by Crippen LogP contribution is -2.56. The number of aliphatic hydroxyl groups excluding tert-OH is 1. The molecule has 0 saturated carbocycles. The number of aromatic nitrogens is 2. The van der Waals surface area contributed by atoms with Crippen molar-refractivity contribution in [1.29, 1.82) is 0 Å². The molecule has 0 aliphatic carbocycles. The van der Waals surface area contributed by atoms with Crippen LogP contribution in [-0.4, -0.2) is 47.4 Å². The SMILES string of the molecule is O=[N+]([O-])c1nonc1N=[N+]([O-])C(CO)([N+](=O)[O-])[N+](=O)[O-]. The normalized spacial score (nSPS) is 12.2. The van der Waals surface area contributed by atoms with E-state index in [0.717, 1.165) is 0 Å². The smallest absolute Gasteiger partial charge is 0.589 e. The van der Waals surface area contributed by atoms with Crippen molar-refractivity contribution in [3.05, 3.63) is 35.6 Å². The third-order valence-corrected chi connectivity index (χ3v) is 1.92. The lowest BCUT2D eigenvalue weighted by atomic mass is 10.4. The van der Waals surface area contributed by atoms with Gasteiger partial charge in [-0.1, -0.05) is 0 Å². The minimum atomic E-state index is -3.77. The van der Waals surface area contributed by atoms with Gasteiger partial charge in [0.25, 0.3) is 6.61 Å². The largest absolute Gasteiger partial charge is 0.705 e. The van der Waals surface area contributed by atoms with Crippen LogP contribution in [0.4, 0.5) is 11.6 Å². The third kappa shape index (κ3) is 2.16. The molecule has 1 heterocycles. The van der Waals surface area contributed by atoms with Crippen molar-refractivity contribution in [3.8, 4) is 0 Å². The number of hydroxylamine groups is 1. The molecule has 0 spiro atoms. The van der Waals surface area contributed by atoms with Gasteiger partial charge in [-0.25, -0.2) is 0 Å². The van der Waals surface area contributed by atoms with Crippen LogP contribution in [0, 0.1) is 35.6 Å². The molecule has 1 aromatic heterocycles. The van der Waals surface area contributed by atoms with E-state index in [4.69, 9.17) is 5.11 Å². The number of hydrogen-bond acceptors (Lipinski definition) is 12. The summed E-state index contributed by atoms with van der Waals surface area (Å²) < 4.78 is 3.87. The molecule has 16 nitrogen and oxygen atoms in total. The molecule has 1 N–H and O–H groups in total. The molecule has 0 bridgehead atoms. The Morgan fingerprint density at radius 3 is 2.10 bits per heavy atom. The molecule has 0 amide bonds. The van der Waals surface area contributed by atoms with Gasteiger partial charge in [0.05, 0.1) is 9.97 Å². The van der Waals surface area contributed by atoms with E-state index in [1.807, 2.05) is 0 Å². The predicted molar refractivity (Wildman–Crippen MR) is 50.5 cm³/mol. The summed E-state index contributed by atoms with van der Waals surface area (Å²) >= 11 is 0. The first kappa shape index (κ1) is 14.8. The first-order chi connectivity index (χ1) is 9.27. The third-order valence-electron chi connectivity index (χ3n) is 1.92. The Morgan fingerprint density at radius 2 is 1.70 bits per heavy atom. The molecule has 1 aromatic rings. The second-order valence-corrected chi connectivity index (χ2v) is 2.99. The Kier molecular flexibility index (Phi) is 3.79. The van der Waals surface area contributed by atoms with Gasteiger partial charge >= 0.3 is 17.4 Å². The molecular weight excluding hydrogens is 290 g/mol. The molecule has 108 valence electrons. The minimum Gasteiger partial charge on any atom is -0.589 e. The van der Waals surface area contributed by atoms with Crippen molar-refractivity contribution in [3.63, 3.8) is 0 Å². The van der Waals surface area contributed by atoms with Crippen molar-refractivity contribution in [2.45, 2.75) is 5.79 Å². The molecule has 0 radical (unpaired) electrons. The molecule has 1 rings (SSSR count). The van der Waals surface area contributed by atoms with Gasteiger partial charge in [-0.15, -0.1) is 4.63 Å². The average Bonchev–Trinajstić information content (AvgIpc) is 2.77. The Morgan fingerprint density at radius 1 is 1.15 bits per heavy atom. The lowest BCUT2D eigenvalue weighted by molar-refractivity contribution is -0.980. The van der Waals surface area contributed by atoms with Crippen LogP contribution < -0.4 is 0 Å². The number of rotatable bonds is 6. The van der Waals surface area contributed by atoms with Crippen LogP contribution in [0.5, 0.6) is 0 Å². The van der Waals surface area contributed by atoms with Crippen molar-refractivity contribution >= 4 is 11.6 Å². The van der Waals surface area contributed by atoms with Crippen LogP contribution in [0.2, 0.25) is 0 Å². The van der Waals surface area contributed by atoms with Gasteiger partial charge in [-0.3, -0.25) is 20.2 Å². The number of hydrogen-bond donors (Lipinski definition) is 1. The van der Waals surface area contributed by atoms with Crippen molar-refractivity contribution in [2.75, 3.05) is 6.61 Å². The summed E-state index contributed by atoms with van der Waals surface area (Å²) in [5, 5.41) is 59.8. The summed E-state index contributed by atoms with van der Waals surface area (Å²) in [7, 11) is 0. The first-order valence-corrected chi connectivity index (χ1v) is 4.33. The van der Waals surface area contributed by atoms with Crippen LogP contribution in [0.3, 0.4) is 0 Å². The first-order valence-electron chi connectivity index (χ1n) is 4.33. The Hall–Kier alpha value is -3.30. The second kappa shape index (κ2) is 5.14. The molecular formula is C4H3N7O9. The van der Waals surface area contributed by atoms with Crippen LogP contribution in [0.1, 0.15) is 0 Å². The zero-order valence-corrected chi connectivity index (χ0v) is 9.05. The number of nitro groups is 3. The lowest BCUT2D eigenvalue weighted by Gasteiger charge is -2.09. The van der Waals surface area contributed by atoms with E-state index < -0.39 is 43.7 Å². The maximum Gasteiger partial charge on any atom is 0.705 e. The van der Waals surface area contributed by atoms with E-state index in [9.17, 15) is 35.6 Å². The summed E-state index contributed by atoms with van der Waals surface area (Å²) in [4.78, 5) is 25.8. The standard InChI is InChI=1S/C4H3N7O9/c12-1-4(10(16)17,11(18)19)9(15)5-2-3(8(13)14)7-20-6-2/h12H,1H2. The van der Waals surface area contributed by atoms with Crippen LogP contribution in [0.25, 0.3) is 0 Å². The Labute approximate surface area is 105 Å². The van der Waals surface area contributed by atoms with Crippen molar-refractivity contribution in [2.24, 2.45) is 5.11 Å². The van der Waals surface area contributed by atoms with Gasteiger partial charge in [0, 0.05) is 5.16 Å². The van der Waals surface area contributed by atoms with E-state index in [1.54, 1.807) is 0 Å². The van der Waals surface area contributed by atoms with Crippen LogP contribution in [-0.2, 0) is 0 Å². The fraction of sp³-hybridized carbons (Fsp3) is 0.500. The highest BCUT2D eigenvalue weighted by Crippen LogP contribution is 2.24. The Bertz CT molecular complexity index is 577. The number of aliphatic hydroxyl groups is 1. The zero-order valence-electron chi connectivity index (χ0n) is 9.05. The van der Waals surface area contributed by atoms with Crippen molar-refractivity contribution in [1.82, 2.24) is 10.3 Å². The maximum absolute atomic E-state index is 11.4. The number of azo groups is 1. The topological polar surface area (TPSA) is 227 Å². The van der Waals surface area contributed by atoms with Crippen molar-refractivity contribution < 1.29 is 29.4 Å². The quantitative estimate of drug-likeness (QED) is 0.214. The average molecular weight is 293 g/mol. The highest BCUT2D eigenvalue weighted by atomic mass is 16.7. The number of nitrogens with zero attached hydrogens (tertiary/aromatic N) is 7. The fourth-order valence-corrected chi connectivity index (χ4v) is 0.906. The molecule has 0 aromatic carbocycles. The van der Waals surface area contributed by atoms with Gasteiger partial charge in [0.15, 0.2) is 15.0 Å². The molecule has 0 saturated heterocycles. The fourth-order valence-electron chi connectivity index (χ4n) is 0.906. The highest BCUT2D eigenvalue weighted by Gasteiger charge is 2.68. The summed E-state index contributed by atoms with van der Waals surface area (Å²) in [5.74, 6) is -6.09. The van der Waals surface area contributed by atoms with E-state index >= 15 is 0 Å². The van der Waals surface area contributed by atoms with Gasteiger partial charge in [-0.2, -0.15) is 0 Å². The zero-order chi connectivity index (χ0) is 15.5. The molecule has 0 fully saturated rings. The van der Waals surface area contributed by atoms with Gasteiger partial charge in [0.1, 0.15) is 0 Å². The molecule has 20 heavy (non-hydrogen) atoms. The van der Waals surface area contributed by atoms with E-state index in [2.05, 4.69) is 20.1 Å². The van der Waals surface area contributed by atoms with E-state index in [-0.39, 0.29) is 0 Å². The molecule has 0 atom stereocenters. The van der Waals surface area contributed by atoms with Crippen LogP contribution in [0.15, 0.2) is 9.74 Å². The Balaban J connectivity index is 3.39. The van der Waals surface area contributed by atoms with Gasteiger partial charge in [-0.05, 0) is 4.92 Å². The molecule has 16 heteroatoms. The highest BCUT2D eigenvalue weighted by molar-refractivity contribution is 5.41. The second-order valence-electron chi connectivity index (χ2n) is 2.99. The molecule has 0 aliphatic heterocycles. The van der Waals surface area contributed by atoms with Gasteiger partial charge in [0.2, 0.25) is 0 Å². The summed E-state index contributed by atoms with van der Waals surface area (Å²) in [6, 6.07) is 0. The minimum absolute atomic E-state index is 1.13. The summed E-state index contributed by atoms with van der Waals surface area (Å²) in [5.41, 5.74) is 0. The molecule has 0 aliphatic rings. The van der Waals surface area contributed by atoms with E-state index in [0.29, 0.717) is 0 Å². The predicted octanol–water partition coefficient (Wildman–Crippen LogP) is -1.23. The van der Waals surface area contributed by atoms with E-state index in [1.165, 1.54) is 0 Å². The maximum atomic E-state index is 11.4. The van der Waals surface area contributed by atoms with Crippen LogP contribution >= 0.6 is 0 Å². The molecule has 0 unspecified atom stereocenters.